The number of aromatic nitrogens is 1. The Labute approximate surface area is 115 Å². The maximum atomic E-state index is 11.3. The first-order valence-electron chi connectivity index (χ1n) is 6.33. The zero-order chi connectivity index (χ0) is 12.4. The molecule has 0 saturated carbocycles. The van der Waals surface area contributed by atoms with Gasteiger partial charge in [0, 0.05) is 9.75 Å². The molecule has 3 rings (SSSR count). The number of rotatable bonds is 4. The molecule has 94 valence electrons. The molecule has 1 aliphatic rings. The van der Waals surface area contributed by atoms with Crippen molar-refractivity contribution in [3.8, 4) is 0 Å². The molecule has 2 aromatic rings. The molecule has 1 unspecified atom stereocenters. The van der Waals surface area contributed by atoms with E-state index < -0.39 is 0 Å². The summed E-state index contributed by atoms with van der Waals surface area (Å²) in [6.07, 6.45) is 6.61. The van der Waals surface area contributed by atoms with E-state index in [1.54, 1.807) is 22.7 Å². The van der Waals surface area contributed by atoms with Crippen LogP contribution in [-0.2, 0) is 24.1 Å². The van der Waals surface area contributed by atoms with Crippen molar-refractivity contribution in [1.82, 2.24) is 4.98 Å². The van der Waals surface area contributed by atoms with Crippen LogP contribution in [0.15, 0.2) is 17.5 Å². The van der Waals surface area contributed by atoms with Crippen molar-refractivity contribution < 1.29 is 4.79 Å². The predicted octanol–water partition coefficient (Wildman–Crippen LogP) is 3.61. The van der Waals surface area contributed by atoms with Gasteiger partial charge in [0.05, 0.1) is 11.6 Å². The molecule has 2 heterocycles. The lowest BCUT2D eigenvalue weighted by Crippen LogP contribution is -2.03. The van der Waals surface area contributed by atoms with Crippen LogP contribution in [0.1, 0.15) is 39.2 Å². The number of carbonyl (C=O) groups excluding carboxylic acids is 1. The minimum atomic E-state index is -0.0562. The van der Waals surface area contributed by atoms with Gasteiger partial charge in [0.2, 0.25) is 0 Å². The molecule has 0 saturated heterocycles. The van der Waals surface area contributed by atoms with E-state index in [4.69, 9.17) is 4.98 Å². The number of hydrogen-bond acceptors (Lipinski definition) is 4. The van der Waals surface area contributed by atoms with E-state index in [2.05, 4.69) is 11.4 Å². The van der Waals surface area contributed by atoms with Crippen LogP contribution in [0.25, 0.3) is 0 Å². The summed E-state index contributed by atoms with van der Waals surface area (Å²) in [5.74, 6) is -0.0562. The zero-order valence-corrected chi connectivity index (χ0v) is 11.7. The summed E-state index contributed by atoms with van der Waals surface area (Å²) in [7, 11) is 0. The number of aryl methyl sites for hydroxylation is 2. The fraction of sp³-hybridized carbons (Fsp3) is 0.429. The van der Waals surface area contributed by atoms with Gasteiger partial charge in [-0.3, -0.25) is 0 Å². The highest BCUT2D eigenvalue weighted by Crippen LogP contribution is 2.31. The number of hydrogen-bond donors (Lipinski definition) is 0. The maximum absolute atomic E-state index is 11.3. The zero-order valence-electron chi connectivity index (χ0n) is 10.1. The Morgan fingerprint density at radius 3 is 3.00 bits per heavy atom. The van der Waals surface area contributed by atoms with Gasteiger partial charge in [-0.25, -0.2) is 4.98 Å². The molecule has 18 heavy (non-hydrogen) atoms. The third-order valence-electron chi connectivity index (χ3n) is 3.34. The third kappa shape index (κ3) is 2.40. The van der Waals surface area contributed by atoms with Crippen LogP contribution in [0, 0.1) is 0 Å². The molecule has 0 radical (unpaired) electrons. The van der Waals surface area contributed by atoms with Gasteiger partial charge in [-0.2, -0.15) is 0 Å². The summed E-state index contributed by atoms with van der Waals surface area (Å²) in [6, 6.07) is 4.13. The maximum Gasteiger partial charge on any atom is 0.130 e. The first-order valence-corrected chi connectivity index (χ1v) is 8.02. The van der Waals surface area contributed by atoms with Crippen LogP contribution < -0.4 is 0 Å². The first-order chi connectivity index (χ1) is 8.86. The van der Waals surface area contributed by atoms with Crippen molar-refractivity contribution in [3.05, 3.63) is 38.0 Å². The molecule has 0 N–H and O–H groups in total. The standard InChI is InChI=1S/C14H15NOS2/c16-9-10(8-11-4-3-7-17-11)14-15-12-5-1-2-6-13(12)18-14/h3-4,7,9-10H,1-2,5-6,8H2. The fourth-order valence-corrected chi connectivity index (χ4v) is 4.34. The van der Waals surface area contributed by atoms with Crippen molar-refractivity contribution >= 4 is 29.0 Å². The average molecular weight is 277 g/mol. The van der Waals surface area contributed by atoms with Crippen LogP contribution in [-0.4, -0.2) is 11.3 Å². The SMILES string of the molecule is O=CC(Cc1cccs1)c1nc2c(s1)CCCC2. The van der Waals surface area contributed by atoms with E-state index in [0.29, 0.717) is 0 Å². The van der Waals surface area contributed by atoms with Crippen molar-refractivity contribution in [3.63, 3.8) is 0 Å². The summed E-state index contributed by atoms with van der Waals surface area (Å²) in [5.41, 5.74) is 1.25. The Bertz CT molecular complexity index is 506. The lowest BCUT2D eigenvalue weighted by atomic mass is 10.0. The van der Waals surface area contributed by atoms with E-state index in [0.717, 1.165) is 30.6 Å². The second-order valence-electron chi connectivity index (χ2n) is 4.66. The molecule has 2 aromatic heterocycles. The molecule has 0 spiro atoms. The van der Waals surface area contributed by atoms with Gasteiger partial charge in [-0.1, -0.05) is 6.07 Å². The third-order valence-corrected chi connectivity index (χ3v) is 5.53. The molecular formula is C14H15NOS2. The average Bonchev–Trinajstić information content (AvgIpc) is 3.04. The summed E-state index contributed by atoms with van der Waals surface area (Å²) in [5, 5.41) is 3.08. The van der Waals surface area contributed by atoms with E-state index >= 15 is 0 Å². The number of carbonyl (C=O) groups is 1. The Morgan fingerprint density at radius 2 is 2.28 bits per heavy atom. The monoisotopic (exact) mass is 277 g/mol. The normalized spacial score (nSPS) is 16.2. The van der Waals surface area contributed by atoms with E-state index in [1.165, 1.54) is 28.3 Å². The van der Waals surface area contributed by atoms with Crippen LogP contribution in [0.2, 0.25) is 0 Å². The largest absolute Gasteiger partial charge is 0.303 e. The van der Waals surface area contributed by atoms with Crippen molar-refractivity contribution in [1.29, 1.82) is 0 Å². The van der Waals surface area contributed by atoms with Gasteiger partial charge in [0.25, 0.3) is 0 Å². The minimum absolute atomic E-state index is 0.0562. The second kappa shape index (κ2) is 5.33. The number of thiophene rings is 1. The number of fused-ring (bicyclic) bond motifs is 1. The molecule has 0 bridgehead atoms. The fourth-order valence-electron chi connectivity index (χ4n) is 2.37. The topological polar surface area (TPSA) is 30.0 Å². The van der Waals surface area contributed by atoms with E-state index in [-0.39, 0.29) is 5.92 Å². The quantitative estimate of drug-likeness (QED) is 0.799. The molecule has 0 aromatic carbocycles. The smallest absolute Gasteiger partial charge is 0.130 e. The molecule has 1 aliphatic carbocycles. The first kappa shape index (κ1) is 12.1. The highest BCUT2D eigenvalue weighted by molar-refractivity contribution is 7.12. The minimum Gasteiger partial charge on any atom is -0.303 e. The number of thiazole rings is 1. The lowest BCUT2D eigenvalue weighted by Gasteiger charge is -2.06. The highest BCUT2D eigenvalue weighted by atomic mass is 32.1. The molecular weight excluding hydrogens is 262 g/mol. The second-order valence-corrected chi connectivity index (χ2v) is 6.80. The Hall–Kier alpha value is -1.00. The van der Waals surface area contributed by atoms with Gasteiger partial charge in [0.15, 0.2) is 0 Å². The van der Waals surface area contributed by atoms with Crippen LogP contribution in [0.4, 0.5) is 0 Å². The van der Waals surface area contributed by atoms with Crippen molar-refractivity contribution in [2.24, 2.45) is 0 Å². The van der Waals surface area contributed by atoms with Gasteiger partial charge in [-0.05, 0) is 43.6 Å². The van der Waals surface area contributed by atoms with Crippen LogP contribution in [0.3, 0.4) is 0 Å². The summed E-state index contributed by atoms with van der Waals surface area (Å²) < 4.78 is 0. The van der Waals surface area contributed by atoms with Gasteiger partial charge in [-0.15, -0.1) is 22.7 Å². The van der Waals surface area contributed by atoms with Gasteiger partial charge >= 0.3 is 0 Å². The lowest BCUT2D eigenvalue weighted by molar-refractivity contribution is -0.109. The Kier molecular flexibility index (Phi) is 3.57. The summed E-state index contributed by atoms with van der Waals surface area (Å²) in [4.78, 5) is 18.7. The summed E-state index contributed by atoms with van der Waals surface area (Å²) >= 11 is 3.47. The molecule has 0 fully saturated rings. The number of aldehydes is 1. The Balaban J connectivity index is 1.82. The van der Waals surface area contributed by atoms with Gasteiger partial charge < -0.3 is 4.79 Å². The van der Waals surface area contributed by atoms with Crippen molar-refractivity contribution in [2.45, 2.75) is 38.0 Å². The highest BCUT2D eigenvalue weighted by Gasteiger charge is 2.21. The Morgan fingerprint density at radius 1 is 1.39 bits per heavy atom. The number of nitrogens with zero attached hydrogens (tertiary/aromatic N) is 1. The molecule has 2 nitrogen and oxygen atoms in total. The van der Waals surface area contributed by atoms with Crippen molar-refractivity contribution in [2.75, 3.05) is 0 Å². The van der Waals surface area contributed by atoms with Crippen LogP contribution in [0.5, 0.6) is 0 Å². The molecule has 4 heteroatoms. The van der Waals surface area contributed by atoms with Gasteiger partial charge in [0.1, 0.15) is 11.3 Å². The molecule has 1 atom stereocenters. The van der Waals surface area contributed by atoms with E-state index in [9.17, 15) is 4.79 Å². The summed E-state index contributed by atoms with van der Waals surface area (Å²) in [6.45, 7) is 0. The molecule has 0 aliphatic heterocycles. The predicted molar refractivity (Wildman–Crippen MR) is 75.6 cm³/mol. The molecule has 0 amide bonds. The van der Waals surface area contributed by atoms with Crippen LogP contribution >= 0.6 is 22.7 Å². The van der Waals surface area contributed by atoms with E-state index in [1.807, 2.05) is 6.07 Å².